The summed E-state index contributed by atoms with van der Waals surface area (Å²) in [5.74, 6) is 0. The van der Waals surface area contributed by atoms with Crippen LogP contribution in [0.4, 0.5) is 0 Å². The van der Waals surface area contributed by atoms with Crippen LogP contribution in [0, 0.1) is 11.3 Å². The van der Waals surface area contributed by atoms with Crippen LogP contribution in [-0.2, 0) is 16.6 Å². The van der Waals surface area contributed by atoms with E-state index in [-0.39, 0.29) is 11.4 Å². The van der Waals surface area contributed by atoms with Crippen LogP contribution in [0.3, 0.4) is 0 Å². The van der Waals surface area contributed by atoms with Crippen molar-refractivity contribution in [3.05, 3.63) is 53.9 Å². The summed E-state index contributed by atoms with van der Waals surface area (Å²) < 4.78 is 27.0. The van der Waals surface area contributed by atoms with Crippen LogP contribution in [0.2, 0.25) is 0 Å². The number of nitrogens with one attached hydrogen (secondary N) is 2. The molecular formula is C14H11N5O2S. The fourth-order valence-corrected chi connectivity index (χ4v) is 3.06. The summed E-state index contributed by atoms with van der Waals surface area (Å²) in [7, 11) is -3.71. The number of sulfonamides is 1. The first-order valence-corrected chi connectivity index (χ1v) is 7.86. The largest absolute Gasteiger partial charge is 0.278 e. The molecule has 0 radical (unpaired) electrons. The van der Waals surface area contributed by atoms with E-state index in [1.807, 2.05) is 12.1 Å². The topological polar surface area (TPSA) is 112 Å². The monoisotopic (exact) mass is 313 g/mol. The van der Waals surface area contributed by atoms with E-state index in [9.17, 15) is 8.42 Å². The Bertz CT molecular complexity index is 972. The second kappa shape index (κ2) is 5.55. The number of aromatic amines is 1. The zero-order valence-electron chi connectivity index (χ0n) is 11.3. The molecule has 22 heavy (non-hydrogen) atoms. The Morgan fingerprint density at radius 1 is 1.27 bits per heavy atom. The van der Waals surface area contributed by atoms with Crippen molar-refractivity contribution in [2.75, 3.05) is 0 Å². The second-order valence-corrected chi connectivity index (χ2v) is 6.31. The van der Waals surface area contributed by atoms with E-state index in [2.05, 4.69) is 19.9 Å². The Morgan fingerprint density at radius 3 is 2.95 bits per heavy atom. The summed E-state index contributed by atoms with van der Waals surface area (Å²) in [6.07, 6.45) is 1.62. The highest BCUT2D eigenvalue weighted by atomic mass is 32.2. The third-order valence-corrected chi connectivity index (χ3v) is 4.52. The maximum Gasteiger partial charge on any atom is 0.240 e. The van der Waals surface area contributed by atoms with Gasteiger partial charge in [-0.15, -0.1) is 0 Å². The normalized spacial score (nSPS) is 11.4. The van der Waals surface area contributed by atoms with Crippen molar-refractivity contribution in [3.8, 4) is 6.07 Å². The lowest BCUT2D eigenvalue weighted by Crippen LogP contribution is -2.23. The van der Waals surface area contributed by atoms with Gasteiger partial charge >= 0.3 is 0 Å². The summed E-state index contributed by atoms with van der Waals surface area (Å²) in [5, 5.41) is 16.4. The van der Waals surface area contributed by atoms with Crippen LogP contribution in [0.1, 0.15) is 11.3 Å². The number of hydrogen-bond donors (Lipinski definition) is 2. The second-order valence-electron chi connectivity index (χ2n) is 4.54. The van der Waals surface area contributed by atoms with E-state index < -0.39 is 10.0 Å². The molecule has 0 aliphatic rings. The number of nitriles is 1. The zero-order chi connectivity index (χ0) is 15.6. The molecule has 110 valence electrons. The predicted molar refractivity (Wildman–Crippen MR) is 79.1 cm³/mol. The minimum atomic E-state index is -3.71. The lowest BCUT2D eigenvalue weighted by atomic mass is 10.2. The first-order valence-electron chi connectivity index (χ1n) is 6.38. The standard InChI is InChI=1S/C14H11N5O2S/c15-8-10-3-1-4-11(7-10)22(20,21)17-9-13-12-5-2-6-16-14(12)19-18-13/h1-7,17H,9H2,(H,16,18,19). The van der Waals surface area contributed by atoms with Gasteiger partial charge in [0.25, 0.3) is 0 Å². The lowest BCUT2D eigenvalue weighted by Gasteiger charge is -2.06. The van der Waals surface area contributed by atoms with Gasteiger partial charge in [0.05, 0.1) is 28.8 Å². The van der Waals surface area contributed by atoms with Crippen molar-refractivity contribution in [3.63, 3.8) is 0 Å². The molecule has 8 heteroatoms. The molecule has 2 heterocycles. The zero-order valence-corrected chi connectivity index (χ0v) is 12.1. The van der Waals surface area contributed by atoms with E-state index in [4.69, 9.17) is 5.26 Å². The number of nitrogens with zero attached hydrogens (tertiary/aromatic N) is 3. The molecule has 0 bridgehead atoms. The Morgan fingerprint density at radius 2 is 2.14 bits per heavy atom. The summed E-state index contributed by atoms with van der Waals surface area (Å²) in [5.41, 5.74) is 1.45. The van der Waals surface area contributed by atoms with Crippen LogP contribution in [0.25, 0.3) is 11.0 Å². The third-order valence-electron chi connectivity index (χ3n) is 3.12. The minimum absolute atomic E-state index is 0.0495. The molecule has 0 aliphatic carbocycles. The molecule has 0 saturated heterocycles. The van der Waals surface area contributed by atoms with Gasteiger partial charge in [0, 0.05) is 11.6 Å². The number of pyridine rings is 1. The van der Waals surface area contributed by atoms with E-state index in [0.717, 1.165) is 5.39 Å². The lowest BCUT2D eigenvalue weighted by molar-refractivity contribution is 0.580. The molecule has 0 spiro atoms. The SMILES string of the molecule is N#Cc1cccc(S(=O)(=O)NCc2[nH]nc3ncccc23)c1. The molecule has 7 nitrogen and oxygen atoms in total. The van der Waals surface area contributed by atoms with Gasteiger partial charge in [0.15, 0.2) is 5.65 Å². The number of aromatic nitrogens is 3. The summed E-state index contributed by atoms with van der Waals surface area (Å²) >= 11 is 0. The first kappa shape index (κ1) is 14.2. The summed E-state index contributed by atoms with van der Waals surface area (Å²) in [6, 6.07) is 11.3. The maximum atomic E-state index is 12.3. The van der Waals surface area contributed by atoms with Crippen LogP contribution in [0.15, 0.2) is 47.5 Å². The Labute approximate surface area is 126 Å². The van der Waals surface area contributed by atoms with E-state index in [0.29, 0.717) is 16.9 Å². The van der Waals surface area contributed by atoms with E-state index >= 15 is 0 Å². The van der Waals surface area contributed by atoms with Crippen molar-refractivity contribution in [1.29, 1.82) is 5.26 Å². The number of hydrogen-bond acceptors (Lipinski definition) is 5. The molecule has 1 aromatic carbocycles. The Balaban J connectivity index is 1.84. The molecule has 3 aromatic rings. The summed E-state index contributed by atoms with van der Waals surface area (Å²) in [6.45, 7) is 0.0569. The van der Waals surface area contributed by atoms with Gasteiger partial charge in [0.1, 0.15) is 0 Å². The van der Waals surface area contributed by atoms with Gasteiger partial charge in [0.2, 0.25) is 10.0 Å². The van der Waals surface area contributed by atoms with Crippen molar-refractivity contribution >= 4 is 21.1 Å². The molecule has 3 rings (SSSR count). The molecule has 2 aromatic heterocycles. The van der Waals surface area contributed by atoms with E-state index in [1.54, 1.807) is 18.3 Å². The van der Waals surface area contributed by atoms with Gasteiger partial charge in [-0.1, -0.05) is 6.07 Å². The van der Waals surface area contributed by atoms with Gasteiger partial charge in [-0.25, -0.2) is 18.1 Å². The molecule has 0 unspecified atom stereocenters. The Kier molecular flexibility index (Phi) is 3.58. The Hall–Kier alpha value is -2.76. The van der Waals surface area contributed by atoms with Crippen molar-refractivity contribution in [2.24, 2.45) is 0 Å². The van der Waals surface area contributed by atoms with Crippen molar-refractivity contribution in [1.82, 2.24) is 19.9 Å². The molecule has 0 fully saturated rings. The average Bonchev–Trinajstić information content (AvgIpc) is 2.96. The highest BCUT2D eigenvalue weighted by Crippen LogP contribution is 2.15. The van der Waals surface area contributed by atoms with Crippen LogP contribution in [-0.4, -0.2) is 23.6 Å². The average molecular weight is 313 g/mol. The minimum Gasteiger partial charge on any atom is -0.278 e. The van der Waals surface area contributed by atoms with Crippen LogP contribution >= 0.6 is 0 Å². The highest BCUT2D eigenvalue weighted by molar-refractivity contribution is 7.89. The number of H-pyrrole nitrogens is 1. The van der Waals surface area contributed by atoms with Crippen molar-refractivity contribution in [2.45, 2.75) is 11.4 Å². The number of fused-ring (bicyclic) bond motifs is 1. The maximum absolute atomic E-state index is 12.3. The molecule has 2 N–H and O–H groups in total. The van der Waals surface area contributed by atoms with Crippen molar-refractivity contribution < 1.29 is 8.42 Å². The molecule has 0 atom stereocenters. The molecule has 0 aliphatic heterocycles. The molecule has 0 saturated carbocycles. The van der Waals surface area contributed by atoms with Crippen LogP contribution in [0.5, 0.6) is 0 Å². The quantitative estimate of drug-likeness (QED) is 0.754. The predicted octanol–water partition coefficient (Wildman–Crippen LogP) is 1.31. The van der Waals surface area contributed by atoms with Gasteiger partial charge in [-0.2, -0.15) is 10.4 Å². The van der Waals surface area contributed by atoms with Gasteiger partial charge in [-0.3, -0.25) is 5.10 Å². The van der Waals surface area contributed by atoms with E-state index in [1.165, 1.54) is 18.2 Å². The smallest absolute Gasteiger partial charge is 0.240 e. The third kappa shape index (κ3) is 2.67. The summed E-state index contributed by atoms with van der Waals surface area (Å²) in [4.78, 5) is 4.12. The first-order chi connectivity index (χ1) is 10.6. The number of benzene rings is 1. The van der Waals surface area contributed by atoms with Gasteiger partial charge < -0.3 is 0 Å². The highest BCUT2D eigenvalue weighted by Gasteiger charge is 2.15. The fourth-order valence-electron chi connectivity index (χ4n) is 2.02. The van der Waals surface area contributed by atoms with Gasteiger partial charge in [-0.05, 0) is 30.3 Å². The molecule has 0 amide bonds. The molecular weight excluding hydrogens is 302 g/mol. The number of rotatable bonds is 4. The van der Waals surface area contributed by atoms with Crippen LogP contribution < -0.4 is 4.72 Å². The fraction of sp³-hybridized carbons (Fsp3) is 0.0714.